The summed E-state index contributed by atoms with van der Waals surface area (Å²) in [7, 11) is 0. The SMILES string of the molecule is O=C(CSc1nnc(-c2ccccc2Cl)o1)Nc1ccc(F)c([N+](=O)[O-])c1. The van der Waals surface area contributed by atoms with Crippen LogP contribution in [0.15, 0.2) is 52.1 Å². The summed E-state index contributed by atoms with van der Waals surface area (Å²) >= 11 is 7.04. The highest BCUT2D eigenvalue weighted by Crippen LogP contribution is 2.28. The third kappa shape index (κ3) is 4.60. The quantitative estimate of drug-likeness (QED) is 0.370. The van der Waals surface area contributed by atoms with Crippen LogP contribution in [0.5, 0.6) is 0 Å². The van der Waals surface area contributed by atoms with Gasteiger partial charge in [0.15, 0.2) is 0 Å². The second-order valence-electron chi connectivity index (χ2n) is 5.11. The smallest absolute Gasteiger partial charge is 0.306 e. The number of aromatic nitrogens is 2. The predicted octanol–water partition coefficient (Wildman–Crippen LogP) is 4.17. The van der Waals surface area contributed by atoms with Gasteiger partial charge < -0.3 is 9.73 Å². The van der Waals surface area contributed by atoms with Crippen molar-refractivity contribution in [3.63, 3.8) is 0 Å². The van der Waals surface area contributed by atoms with Gasteiger partial charge in [-0.2, -0.15) is 4.39 Å². The van der Waals surface area contributed by atoms with Crippen molar-refractivity contribution >= 4 is 40.6 Å². The first-order valence-corrected chi connectivity index (χ1v) is 8.75. The molecule has 1 N–H and O–H groups in total. The zero-order valence-corrected chi connectivity index (χ0v) is 15.0. The number of anilines is 1. The molecule has 0 aliphatic rings. The van der Waals surface area contributed by atoms with E-state index in [1.54, 1.807) is 24.3 Å². The maximum atomic E-state index is 13.3. The molecule has 0 saturated heterocycles. The number of nitrogens with zero attached hydrogens (tertiary/aromatic N) is 3. The zero-order valence-electron chi connectivity index (χ0n) is 13.4. The van der Waals surface area contributed by atoms with E-state index in [1.165, 1.54) is 6.07 Å². The summed E-state index contributed by atoms with van der Waals surface area (Å²) in [6.07, 6.45) is 0. The van der Waals surface area contributed by atoms with Crippen LogP contribution in [-0.4, -0.2) is 26.8 Å². The average Bonchev–Trinajstić information content (AvgIpc) is 3.10. The van der Waals surface area contributed by atoms with Gasteiger partial charge in [-0.3, -0.25) is 14.9 Å². The molecule has 3 rings (SSSR count). The molecule has 8 nitrogen and oxygen atoms in total. The maximum Gasteiger partial charge on any atom is 0.306 e. The van der Waals surface area contributed by atoms with E-state index in [0.717, 1.165) is 23.9 Å². The van der Waals surface area contributed by atoms with Crippen LogP contribution in [0.3, 0.4) is 0 Å². The van der Waals surface area contributed by atoms with Gasteiger partial charge in [0, 0.05) is 11.8 Å². The molecule has 0 unspecified atom stereocenters. The fraction of sp³-hybridized carbons (Fsp3) is 0.0625. The number of amides is 1. The van der Waals surface area contributed by atoms with Gasteiger partial charge in [0.05, 0.1) is 21.3 Å². The van der Waals surface area contributed by atoms with E-state index >= 15 is 0 Å². The lowest BCUT2D eigenvalue weighted by Crippen LogP contribution is -2.14. The van der Waals surface area contributed by atoms with E-state index in [0.29, 0.717) is 10.6 Å². The highest BCUT2D eigenvalue weighted by Gasteiger charge is 2.16. The fourth-order valence-corrected chi connectivity index (χ4v) is 2.85. The third-order valence-corrected chi connectivity index (χ3v) is 4.41. The molecule has 0 spiro atoms. The van der Waals surface area contributed by atoms with Crippen molar-refractivity contribution in [2.75, 3.05) is 11.1 Å². The minimum absolute atomic E-state index is 0.0880. The summed E-state index contributed by atoms with van der Waals surface area (Å²) in [5, 5.41) is 21.5. The van der Waals surface area contributed by atoms with E-state index in [1.807, 2.05) is 0 Å². The molecule has 0 aliphatic heterocycles. The molecule has 1 aromatic heterocycles. The van der Waals surface area contributed by atoms with Crippen molar-refractivity contribution in [3.05, 3.63) is 63.4 Å². The highest BCUT2D eigenvalue weighted by molar-refractivity contribution is 7.99. The lowest BCUT2D eigenvalue weighted by Gasteiger charge is -2.04. The predicted molar refractivity (Wildman–Crippen MR) is 97.2 cm³/mol. The molecule has 0 radical (unpaired) electrons. The van der Waals surface area contributed by atoms with Gasteiger partial charge in [-0.1, -0.05) is 35.5 Å². The van der Waals surface area contributed by atoms with Crippen LogP contribution in [0.1, 0.15) is 0 Å². The van der Waals surface area contributed by atoms with Gasteiger partial charge in [-0.25, -0.2) is 0 Å². The van der Waals surface area contributed by atoms with Gasteiger partial charge in [0.2, 0.25) is 17.6 Å². The monoisotopic (exact) mass is 408 g/mol. The van der Waals surface area contributed by atoms with Crippen LogP contribution in [-0.2, 0) is 4.79 Å². The van der Waals surface area contributed by atoms with E-state index < -0.39 is 22.3 Å². The van der Waals surface area contributed by atoms with Gasteiger partial charge in [0.1, 0.15) is 0 Å². The Morgan fingerprint density at radius 2 is 2.07 bits per heavy atom. The number of nitrogens with one attached hydrogen (secondary N) is 1. The first-order valence-electron chi connectivity index (χ1n) is 7.39. The van der Waals surface area contributed by atoms with Crippen LogP contribution in [0.4, 0.5) is 15.8 Å². The minimum Gasteiger partial charge on any atom is -0.411 e. The number of hydrogen-bond donors (Lipinski definition) is 1. The number of benzene rings is 2. The van der Waals surface area contributed by atoms with Crippen LogP contribution >= 0.6 is 23.4 Å². The number of thioether (sulfide) groups is 1. The molecule has 0 bridgehead atoms. The molecule has 1 heterocycles. The Morgan fingerprint density at radius 3 is 2.81 bits per heavy atom. The van der Waals surface area contributed by atoms with Crippen molar-refractivity contribution < 1.29 is 18.5 Å². The van der Waals surface area contributed by atoms with Gasteiger partial charge in [-0.05, 0) is 24.3 Å². The van der Waals surface area contributed by atoms with E-state index in [4.69, 9.17) is 16.0 Å². The van der Waals surface area contributed by atoms with E-state index in [9.17, 15) is 19.3 Å². The number of carbonyl (C=O) groups excluding carboxylic acids is 1. The summed E-state index contributed by atoms with van der Waals surface area (Å²) in [6.45, 7) is 0. The molecule has 27 heavy (non-hydrogen) atoms. The minimum atomic E-state index is -0.981. The van der Waals surface area contributed by atoms with Crippen molar-refractivity contribution in [2.24, 2.45) is 0 Å². The third-order valence-electron chi connectivity index (χ3n) is 3.26. The van der Waals surface area contributed by atoms with Crippen molar-refractivity contribution in [3.8, 4) is 11.5 Å². The number of halogens is 2. The molecule has 2 aromatic carbocycles. The highest BCUT2D eigenvalue weighted by atomic mass is 35.5. The standard InChI is InChI=1S/C16H10ClFN4O4S/c17-11-4-2-1-3-10(11)15-20-21-16(26-15)27-8-14(23)19-9-5-6-12(18)13(7-9)22(24)25/h1-7H,8H2,(H,19,23). The van der Waals surface area contributed by atoms with Crippen molar-refractivity contribution in [2.45, 2.75) is 5.22 Å². The number of carbonyl (C=O) groups is 1. The maximum absolute atomic E-state index is 13.3. The Hall–Kier alpha value is -2.98. The van der Waals surface area contributed by atoms with Crippen LogP contribution in [0.2, 0.25) is 5.02 Å². The van der Waals surface area contributed by atoms with Gasteiger partial charge in [0.25, 0.3) is 5.22 Å². The Kier molecular flexibility index (Phi) is 5.67. The first kappa shape index (κ1) is 18.8. The molecular formula is C16H10ClFN4O4S. The topological polar surface area (TPSA) is 111 Å². The average molecular weight is 409 g/mol. The second-order valence-corrected chi connectivity index (χ2v) is 6.45. The Bertz CT molecular complexity index is 1010. The molecule has 0 saturated carbocycles. The largest absolute Gasteiger partial charge is 0.411 e. The number of rotatable bonds is 6. The molecule has 1 amide bonds. The molecule has 0 atom stereocenters. The van der Waals surface area contributed by atoms with Crippen LogP contribution in [0.25, 0.3) is 11.5 Å². The van der Waals surface area contributed by atoms with Crippen molar-refractivity contribution in [1.29, 1.82) is 0 Å². The Labute approximate surface area is 160 Å². The zero-order chi connectivity index (χ0) is 19.4. The molecule has 3 aromatic rings. The summed E-state index contributed by atoms with van der Waals surface area (Å²) in [4.78, 5) is 21.8. The molecule has 0 fully saturated rings. The van der Waals surface area contributed by atoms with Gasteiger partial charge in [-0.15, -0.1) is 10.2 Å². The lowest BCUT2D eigenvalue weighted by atomic mass is 10.2. The molecular weight excluding hydrogens is 399 g/mol. The molecule has 138 valence electrons. The Morgan fingerprint density at radius 1 is 1.30 bits per heavy atom. The summed E-state index contributed by atoms with van der Waals surface area (Å²) in [6, 6.07) is 10.0. The number of nitro benzene ring substituents is 1. The van der Waals surface area contributed by atoms with Crippen LogP contribution in [0, 0.1) is 15.9 Å². The number of hydrogen-bond acceptors (Lipinski definition) is 7. The van der Waals surface area contributed by atoms with Crippen LogP contribution < -0.4 is 5.32 Å². The first-order chi connectivity index (χ1) is 12.9. The second kappa shape index (κ2) is 8.14. The summed E-state index contributed by atoms with van der Waals surface area (Å²) in [5.41, 5.74) is -0.0423. The van der Waals surface area contributed by atoms with Gasteiger partial charge >= 0.3 is 5.69 Å². The lowest BCUT2D eigenvalue weighted by molar-refractivity contribution is -0.387. The summed E-state index contributed by atoms with van der Waals surface area (Å²) in [5.74, 6) is -1.32. The molecule has 0 aliphatic carbocycles. The number of nitro groups is 1. The fourth-order valence-electron chi connectivity index (χ4n) is 2.07. The Balaban J connectivity index is 1.61. The molecule has 11 heteroatoms. The summed E-state index contributed by atoms with van der Waals surface area (Å²) < 4.78 is 18.8. The van der Waals surface area contributed by atoms with E-state index in [2.05, 4.69) is 15.5 Å². The normalized spacial score (nSPS) is 10.6. The van der Waals surface area contributed by atoms with Crippen molar-refractivity contribution in [1.82, 2.24) is 10.2 Å². The van der Waals surface area contributed by atoms with E-state index in [-0.39, 0.29) is 22.6 Å².